The van der Waals surface area contributed by atoms with Crippen LogP contribution >= 0.6 is 0 Å². The molecule has 2 atom stereocenters. The Hall–Kier alpha value is -2.10. The van der Waals surface area contributed by atoms with E-state index in [1.165, 1.54) is 13.8 Å². The summed E-state index contributed by atoms with van der Waals surface area (Å²) in [6.07, 6.45) is 5.56. The van der Waals surface area contributed by atoms with Crippen LogP contribution in [0.3, 0.4) is 0 Å². The Morgan fingerprint density at radius 1 is 1.05 bits per heavy atom. The molecule has 0 N–H and O–H groups in total. The first-order valence-electron chi connectivity index (χ1n) is 7.60. The summed E-state index contributed by atoms with van der Waals surface area (Å²) >= 11 is 0. The van der Waals surface area contributed by atoms with E-state index in [1.54, 1.807) is 12.2 Å². The van der Waals surface area contributed by atoms with E-state index in [-0.39, 0.29) is 18.0 Å². The van der Waals surface area contributed by atoms with Gasteiger partial charge in [-0.2, -0.15) is 0 Å². The van der Waals surface area contributed by atoms with E-state index < -0.39 is 6.10 Å². The molecular weight excluding hydrogens is 280 g/mol. The number of ether oxygens (including phenoxy) is 2. The lowest BCUT2D eigenvalue weighted by atomic mass is 10.1. The van der Waals surface area contributed by atoms with Crippen molar-refractivity contribution in [1.82, 2.24) is 0 Å². The van der Waals surface area contributed by atoms with Gasteiger partial charge in [0, 0.05) is 13.8 Å². The molecule has 0 aliphatic heterocycles. The number of hydrogen-bond acceptors (Lipinski definition) is 4. The van der Waals surface area contributed by atoms with Crippen molar-refractivity contribution in [2.75, 3.05) is 0 Å². The molecule has 4 heteroatoms. The highest BCUT2D eigenvalue weighted by Crippen LogP contribution is 2.20. The Morgan fingerprint density at radius 2 is 1.68 bits per heavy atom. The minimum atomic E-state index is -0.474. The zero-order chi connectivity index (χ0) is 16.4. The first-order chi connectivity index (χ1) is 10.5. The molecular formula is C18H24O4. The van der Waals surface area contributed by atoms with Crippen LogP contribution in [0, 0.1) is 0 Å². The average Bonchev–Trinajstić information content (AvgIpc) is 2.48. The fourth-order valence-corrected chi connectivity index (χ4v) is 2.08. The third kappa shape index (κ3) is 7.07. The predicted molar refractivity (Wildman–Crippen MR) is 85.2 cm³/mol. The van der Waals surface area contributed by atoms with Gasteiger partial charge >= 0.3 is 11.9 Å². The Morgan fingerprint density at radius 3 is 2.23 bits per heavy atom. The van der Waals surface area contributed by atoms with Crippen molar-refractivity contribution in [3.05, 3.63) is 48.0 Å². The van der Waals surface area contributed by atoms with Gasteiger partial charge in [-0.15, -0.1) is 0 Å². The molecule has 0 saturated carbocycles. The minimum absolute atomic E-state index is 0.292. The highest BCUT2D eigenvalue weighted by Gasteiger charge is 2.13. The summed E-state index contributed by atoms with van der Waals surface area (Å²) in [5.41, 5.74) is 0.881. The molecule has 1 aromatic carbocycles. The summed E-state index contributed by atoms with van der Waals surface area (Å²) in [6, 6.07) is 9.47. The summed E-state index contributed by atoms with van der Waals surface area (Å²) < 4.78 is 10.6. The third-order valence-electron chi connectivity index (χ3n) is 3.08. The van der Waals surface area contributed by atoms with Gasteiger partial charge in [0.15, 0.2) is 0 Å². The van der Waals surface area contributed by atoms with Crippen molar-refractivity contribution in [3.8, 4) is 0 Å². The molecule has 0 amide bonds. The highest BCUT2D eigenvalue weighted by atomic mass is 16.5. The molecule has 0 aliphatic rings. The van der Waals surface area contributed by atoms with Gasteiger partial charge in [0.05, 0.1) is 0 Å². The summed E-state index contributed by atoms with van der Waals surface area (Å²) in [7, 11) is 0. The Balaban J connectivity index is 2.84. The van der Waals surface area contributed by atoms with E-state index in [0.29, 0.717) is 0 Å². The van der Waals surface area contributed by atoms with Crippen LogP contribution in [-0.2, 0) is 19.1 Å². The van der Waals surface area contributed by atoms with Gasteiger partial charge in [-0.05, 0) is 30.6 Å². The molecule has 2 unspecified atom stereocenters. The second-order valence-corrected chi connectivity index (χ2v) is 5.12. The van der Waals surface area contributed by atoms with Crippen molar-refractivity contribution >= 4 is 11.9 Å². The maximum Gasteiger partial charge on any atom is 0.303 e. The molecule has 1 aromatic rings. The number of esters is 2. The molecule has 0 radical (unpaired) electrons. The Bertz CT molecular complexity index is 493. The average molecular weight is 304 g/mol. The lowest BCUT2D eigenvalue weighted by molar-refractivity contribution is -0.146. The molecule has 0 spiro atoms. The van der Waals surface area contributed by atoms with Crippen molar-refractivity contribution in [3.63, 3.8) is 0 Å². The zero-order valence-corrected chi connectivity index (χ0v) is 13.5. The smallest absolute Gasteiger partial charge is 0.303 e. The number of benzene rings is 1. The summed E-state index contributed by atoms with van der Waals surface area (Å²) in [5, 5.41) is 0. The van der Waals surface area contributed by atoms with Crippen LogP contribution in [0.5, 0.6) is 0 Å². The minimum Gasteiger partial charge on any atom is -0.458 e. The number of rotatable bonds is 8. The van der Waals surface area contributed by atoms with E-state index in [2.05, 4.69) is 6.92 Å². The van der Waals surface area contributed by atoms with Crippen LogP contribution in [0.2, 0.25) is 0 Å². The lowest BCUT2D eigenvalue weighted by Crippen LogP contribution is -2.14. The number of carbonyl (C=O) groups is 2. The van der Waals surface area contributed by atoms with Crippen molar-refractivity contribution in [2.24, 2.45) is 0 Å². The van der Waals surface area contributed by atoms with Gasteiger partial charge in [0.25, 0.3) is 0 Å². The first-order valence-corrected chi connectivity index (χ1v) is 7.60. The predicted octanol–water partition coefficient (Wildman–Crippen LogP) is 3.97. The van der Waals surface area contributed by atoms with Crippen molar-refractivity contribution < 1.29 is 19.1 Å². The number of unbranched alkanes of at least 4 members (excludes halogenated alkanes) is 1. The Labute approximate surface area is 132 Å². The number of carbonyl (C=O) groups excluding carboxylic acids is 2. The largest absolute Gasteiger partial charge is 0.458 e. The van der Waals surface area contributed by atoms with E-state index in [4.69, 9.17) is 9.47 Å². The molecule has 0 bridgehead atoms. The van der Waals surface area contributed by atoms with Gasteiger partial charge in [-0.1, -0.05) is 43.7 Å². The molecule has 1 rings (SSSR count). The molecule has 0 saturated heterocycles. The van der Waals surface area contributed by atoms with Crippen molar-refractivity contribution in [1.29, 1.82) is 0 Å². The van der Waals surface area contributed by atoms with Crippen LogP contribution in [0.4, 0.5) is 0 Å². The molecule has 4 nitrogen and oxygen atoms in total. The normalized spacial score (nSPS) is 13.6. The first kappa shape index (κ1) is 18.0. The van der Waals surface area contributed by atoms with Crippen molar-refractivity contribution in [2.45, 2.75) is 52.2 Å². The molecule has 22 heavy (non-hydrogen) atoms. The lowest BCUT2D eigenvalue weighted by Gasteiger charge is -2.16. The van der Waals surface area contributed by atoms with Gasteiger partial charge in [0.2, 0.25) is 0 Å². The van der Waals surface area contributed by atoms with Gasteiger partial charge in [-0.3, -0.25) is 9.59 Å². The van der Waals surface area contributed by atoms with Crippen LogP contribution in [0.1, 0.15) is 51.7 Å². The quantitative estimate of drug-likeness (QED) is 0.538. The van der Waals surface area contributed by atoms with Crippen LogP contribution in [0.15, 0.2) is 42.5 Å². The molecule has 0 fully saturated rings. The maximum absolute atomic E-state index is 11.3. The van der Waals surface area contributed by atoms with E-state index in [1.807, 2.05) is 30.3 Å². The second kappa shape index (κ2) is 9.77. The van der Waals surface area contributed by atoms with Crippen LogP contribution in [-0.4, -0.2) is 18.0 Å². The van der Waals surface area contributed by atoms with E-state index in [0.717, 1.165) is 24.8 Å². The van der Waals surface area contributed by atoms with Crippen LogP contribution < -0.4 is 0 Å². The molecule has 0 heterocycles. The van der Waals surface area contributed by atoms with Gasteiger partial charge < -0.3 is 9.47 Å². The summed E-state index contributed by atoms with van der Waals surface area (Å²) in [6.45, 7) is 4.86. The fraction of sp³-hybridized carbons (Fsp3) is 0.444. The van der Waals surface area contributed by atoms with E-state index in [9.17, 15) is 9.59 Å². The zero-order valence-electron chi connectivity index (χ0n) is 13.5. The fourth-order valence-electron chi connectivity index (χ4n) is 2.08. The SMILES string of the molecule is CCCCC(/C=C/C(OC(C)=O)c1ccccc1)OC(C)=O. The monoisotopic (exact) mass is 304 g/mol. The summed E-state index contributed by atoms with van der Waals surface area (Å²) in [5.74, 6) is -0.661. The second-order valence-electron chi connectivity index (χ2n) is 5.12. The van der Waals surface area contributed by atoms with E-state index >= 15 is 0 Å². The standard InChI is InChI=1S/C18H24O4/c1-4-5-11-17(21-14(2)19)12-13-18(22-15(3)20)16-9-7-6-8-10-16/h6-10,12-13,17-18H,4-5,11H2,1-3H3/b13-12+. The molecule has 0 aliphatic carbocycles. The number of hydrogen-bond donors (Lipinski definition) is 0. The van der Waals surface area contributed by atoms with Crippen LogP contribution in [0.25, 0.3) is 0 Å². The maximum atomic E-state index is 11.3. The molecule has 0 aromatic heterocycles. The summed E-state index contributed by atoms with van der Waals surface area (Å²) in [4.78, 5) is 22.4. The highest BCUT2D eigenvalue weighted by molar-refractivity contribution is 5.67. The Kier molecular flexibility index (Phi) is 7.97. The molecule has 120 valence electrons. The topological polar surface area (TPSA) is 52.6 Å². The van der Waals surface area contributed by atoms with Gasteiger partial charge in [-0.25, -0.2) is 0 Å². The van der Waals surface area contributed by atoms with Gasteiger partial charge in [0.1, 0.15) is 12.2 Å². The third-order valence-corrected chi connectivity index (χ3v) is 3.08.